The zero-order valence-electron chi connectivity index (χ0n) is 11.1. The average Bonchev–Trinajstić information content (AvgIpc) is 2.45. The second-order valence-electron chi connectivity index (χ2n) is 4.08. The molecule has 2 aromatic rings. The van der Waals surface area contributed by atoms with Crippen LogP contribution in [0.25, 0.3) is 0 Å². The first-order valence-corrected chi connectivity index (χ1v) is 6.66. The molecule has 5 nitrogen and oxygen atoms in total. The summed E-state index contributed by atoms with van der Waals surface area (Å²) in [6, 6.07) is 5.42. The van der Waals surface area contributed by atoms with Gasteiger partial charge in [0.25, 0.3) is 0 Å². The molecule has 118 valence electrons. The number of hydrogen-bond acceptors (Lipinski definition) is 5. The minimum Gasteiger partial charge on any atom is -0.357 e. The highest BCUT2D eigenvalue weighted by molar-refractivity contribution is 6.36. The van der Waals surface area contributed by atoms with Crippen LogP contribution in [0.2, 0.25) is 10.0 Å². The number of alkyl halides is 3. The number of benzene rings is 1. The maximum Gasteiger partial charge on any atom is 0.433 e. The third kappa shape index (κ3) is 4.05. The SMILES string of the molecule is CNc1nc(NNc2ccc(Cl)cc2Cl)cc(C(F)(F)F)n1. The summed E-state index contributed by atoms with van der Waals surface area (Å²) in [5.74, 6) is -0.237. The number of aromatic nitrogens is 2. The van der Waals surface area contributed by atoms with Crippen molar-refractivity contribution >= 4 is 40.7 Å². The van der Waals surface area contributed by atoms with Gasteiger partial charge < -0.3 is 5.32 Å². The van der Waals surface area contributed by atoms with E-state index < -0.39 is 11.9 Å². The summed E-state index contributed by atoms with van der Waals surface area (Å²) >= 11 is 11.7. The van der Waals surface area contributed by atoms with Gasteiger partial charge in [-0.1, -0.05) is 23.2 Å². The van der Waals surface area contributed by atoms with Crippen LogP contribution in [0.1, 0.15) is 5.69 Å². The van der Waals surface area contributed by atoms with Crippen LogP contribution in [-0.4, -0.2) is 17.0 Å². The second-order valence-corrected chi connectivity index (χ2v) is 4.93. The molecule has 0 saturated carbocycles. The molecule has 1 heterocycles. The lowest BCUT2D eigenvalue weighted by molar-refractivity contribution is -0.141. The number of hydrazine groups is 1. The molecular formula is C12H10Cl2F3N5. The van der Waals surface area contributed by atoms with E-state index in [1.807, 2.05) is 0 Å². The molecule has 0 aliphatic heterocycles. The predicted molar refractivity (Wildman–Crippen MR) is 80.3 cm³/mol. The van der Waals surface area contributed by atoms with Crippen LogP contribution in [0.4, 0.5) is 30.6 Å². The van der Waals surface area contributed by atoms with Gasteiger partial charge in [0.15, 0.2) is 11.5 Å². The van der Waals surface area contributed by atoms with Crippen LogP contribution in [-0.2, 0) is 6.18 Å². The minimum atomic E-state index is -4.58. The summed E-state index contributed by atoms with van der Waals surface area (Å²) in [6.07, 6.45) is -4.58. The maximum atomic E-state index is 12.8. The summed E-state index contributed by atoms with van der Waals surface area (Å²) in [5, 5.41) is 3.21. The fourth-order valence-electron chi connectivity index (χ4n) is 1.49. The Morgan fingerprint density at radius 1 is 1.05 bits per heavy atom. The average molecular weight is 352 g/mol. The zero-order valence-corrected chi connectivity index (χ0v) is 12.6. The Bertz CT molecular complexity index is 678. The van der Waals surface area contributed by atoms with Crippen molar-refractivity contribution in [1.82, 2.24) is 9.97 Å². The Morgan fingerprint density at radius 3 is 2.36 bits per heavy atom. The third-order valence-electron chi connectivity index (χ3n) is 2.50. The van der Waals surface area contributed by atoms with Gasteiger partial charge >= 0.3 is 6.18 Å². The van der Waals surface area contributed by atoms with Crippen LogP contribution in [0, 0.1) is 0 Å². The Kier molecular flexibility index (Phi) is 4.82. The second kappa shape index (κ2) is 6.45. The lowest BCUT2D eigenvalue weighted by atomic mass is 10.3. The fraction of sp³-hybridized carbons (Fsp3) is 0.167. The first-order chi connectivity index (χ1) is 10.3. The molecule has 22 heavy (non-hydrogen) atoms. The topological polar surface area (TPSA) is 61.9 Å². The molecular weight excluding hydrogens is 342 g/mol. The van der Waals surface area contributed by atoms with Gasteiger partial charge in [0.2, 0.25) is 5.95 Å². The largest absolute Gasteiger partial charge is 0.433 e. The Morgan fingerprint density at radius 2 is 1.77 bits per heavy atom. The van der Waals surface area contributed by atoms with Crippen molar-refractivity contribution in [2.75, 3.05) is 23.2 Å². The molecule has 1 aromatic heterocycles. The number of hydrogen-bond donors (Lipinski definition) is 3. The molecule has 0 spiro atoms. The Balaban J connectivity index is 2.22. The molecule has 0 saturated heterocycles. The molecule has 0 aliphatic rings. The van der Waals surface area contributed by atoms with E-state index in [2.05, 4.69) is 26.1 Å². The van der Waals surface area contributed by atoms with Crippen molar-refractivity contribution in [2.24, 2.45) is 0 Å². The van der Waals surface area contributed by atoms with Gasteiger partial charge in [0.1, 0.15) is 0 Å². The summed E-state index contributed by atoms with van der Waals surface area (Å²) in [6.45, 7) is 0. The Hall–Kier alpha value is -1.93. The van der Waals surface area contributed by atoms with Crippen LogP contribution in [0.3, 0.4) is 0 Å². The quantitative estimate of drug-likeness (QED) is 0.717. The number of rotatable bonds is 4. The molecule has 0 atom stereocenters. The van der Waals surface area contributed by atoms with Crippen molar-refractivity contribution in [3.63, 3.8) is 0 Å². The summed E-state index contributed by atoms with van der Waals surface area (Å²) in [5.41, 5.74) is 4.56. The van der Waals surface area contributed by atoms with Gasteiger partial charge in [-0.15, -0.1) is 0 Å². The van der Waals surface area contributed by atoms with Crippen molar-refractivity contribution in [3.05, 3.63) is 40.0 Å². The lowest BCUT2D eigenvalue weighted by Gasteiger charge is -2.13. The standard InChI is InChI=1S/C12H10Cl2F3N5/c1-18-11-19-9(12(15,16)17)5-10(20-11)22-21-8-3-2-6(13)4-7(8)14/h2-5,21H,1H3,(H2,18,19,20,22). The van der Waals surface area contributed by atoms with Crippen LogP contribution in [0.5, 0.6) is 0 Å². The third-order valence-corrected chi connectivity index (χ3v) is 3.04. The van der Waals surface area contributed by atoms with Crippen molar-refractivity contribution in [1.29, 1.82) is 0 Å². The highest BCUT2D eigenvalue weighted by atomic mass is 35.5. The molecule has 2 rings (SSSR count). The highest BCUT2D eigenvalue weighted by Crippen LogP contribution is 2.30. The monoisotopic (exact) mass is 351 g/mol. The van der Waals surface area contributed by atoms with Gasteiger partial charge in [0.05, 0.1) is 10.7 Å². The van der Waals surface area contributed by atoms with Crippen molar-refractivity contribution in [2.45, 2.75) is 6.18 Å². The molecule has 0 bridgehead atoms. The van der Waals surface area contributed by atoms with Crippen LogP contribution >= 0.6 is 23.2 Å². The van der Waals surface area contributed by atoms with E-state index in [1.165, 1.54) is 13.1 Å². The summed E-state index contributed by atoms with van der Waals surface area (Å²) in [4.78, 5) is 7.21. The van der Waals surface area contributed by atoms with E-state index in [9.17, 15) is 13.2 Å². The number of halogens is 5. The molecule has 0 amide bonds. The molecule has 0 aliphatic carbocycles. The minimum absolute atomic E-state index is 0.0716. The highest BCUT2D eigenvalue weighted by Gasteiger charge is 2.33. The number of nitrogens with one attached hydrogen (secondary N) is 3. The first-order valence-electron chi connectivity index (χ1n) is 5.90. The lowest BCUT2D eigenvalue weighted by Crippen LogP contribution is -2.15. The van der Waals surface area contributed by atoms with E-state index in [0.29, 0.717) is 15.7 Å². The Labute approximate surface area is 133 Å². The predicted octanol–water partition coefficient (Wildman–Crippen LogP) is 4.28. The number of nitrogens with zero attached hydrogens (tertiary/aromatic N) is 2. The van der Waals surface area contributed by atoms with E-state index in [0.717, 1.165) is 6.07 Å². The van der Waals surface area contributed by atoms with E-state index in [4.69, 9.17) is 23.2 Å². The maximum absolute atomic E-state index is 12.8. The molecule has 0 fully saturated rings. The molecule has 10 heteroatoms. The summed E-state index contributed by atoms with van der Waals surface area (Å²) in [7, 11) is 1.42. The van der Waals surface area contributed by atoms with Crippen molar-refractivity contribution in [3.8, 4) is 0 Å². The van der Waals surface area contributed by atoms with Gasteiger partial charge in [-0.2, -0.15) is 18.2 Å². The van der Waals surface area contributed by atoms with Gasteiger partial charge in [0, 0.05) is 18.1 Å². The molecule has 0 unspecified atom stereocenters. The van der Waals surface area contributed by atoms with E-state index in [1.54, 1.807) is 12.1 Å². The fourth-order valence-corrected chi connectivity index (χ4v) is 1.95. The van der Waals surface area contributed by atoms with E-state index >= 15 is 0 Å². The number of anilines is 3. The zero-order chi connectivity index (χ0) is 16.3. The van der Waals surface area contributed by atoms with Crippen molar-refractivity contribution < 1.29 is 13.2 Å². The van der Waals surface area contributed by atoms with Crippen LogP contribution < -0.4 is 16.2 Å². The molecule has 0 radical (unpaired) electrons. The molecule has 3 N–H and O–H groups in total. The van der Waals surface area contributed by atoms with Gasteiger partial charge in [-0.25, -0.2) is 4.98 Å². The first kappa shape index (κ1) is 16.4. The van der Waals surface area contributed by atoms with Crippen LogP contribution in [0.15, 0.2) is 24.3 Å². The van der Waals surface area contributed by atoms with E-state index in [-0.39, 0.29) is 11.8 Å². The normalized spacial score (nSPS) is 11.2. The summed E-state index contributed by atoms with van der Waals surface area (Å²) < 4.78 is 38.3. The smallest absolute Gasteiger partial charge is 0.357 e. The van der Waals surface area contributed by atoms with Gasteiger partial charge in [-0.05, 0) is 18.2 Å². The van der Waals surface area contributed by atoms with Gasteiger partial charge in [-0.3, -0.25) is 10.9 Å². The molecule has 1 aromatic carbocycles.